The van der Waals surface area contributed by atoms with Gasteiger partial charge in [0, 0.05) is 31.2 Å². The molecule has 2 heterocycles. The molecule has 0 spiro atoms. The summed E-state index contributed by atoms with van der Waals surface area (Å²) in [6.07, 6.45) is 1.52. The van der Waals surface area contributed by atoms with Crippen molar-refractivity contribution in [3.05, 3.63) is 16.6 Å². The van der Waals surface area contributed by atoms with Crippen LogP contribution in [0.25, 0.3) is 0 Å². The summed E-state index contributed by atoms with van der Waals surface area (Å²) < 4.78 is 10.9. The second-order valence-corrected chi connectivity index (χ2v) is 6.94. The first kappa shape index (κ1) is 16.2. The Labute approximate surface area is 129 Å². The third kappa shape index (κ3) is 5.26. The van der Waals surface area contributed by atoms with Crippen LogP contribution in [0, 0.1) is 0 Å². The van der Waals surface area contributed by atoms with Crippen LogP contribution in [0.15, 0.2) is 11.6 Å². The largest absolute Gasteiger partial charge is 0.444 e. The van der Waals surface area contributed by atoms with Gasteiger partial charge in [0.25, 0.3) is 0 Å². The van der Waals surface area contributed by atoms with Gasteiger partial charge in [0.1, 0.15) is 10.6 Å². The summed E-state index contributed by atoms with van der Waals surface area (Å²) >= 11 is 1.61. The highest BCUT2D eigenvalue weighted by Crippen LogP contribution is 2.14. The average Bonchev–Trinajstić information content (AvgIpc) is 2.90. The van der Waals surface area contributed by atoms with Gasteiger partial charge in [-0.15, -0.1) is 11.3 Å². The van der Waals surface area contributed by atoms with E-state index in [-0.39, 0.29) is 12.1 Å². The Morgan fingerprint density at radius 2 is 2.43 bits per heavy atom. The standard InChI is InChI=1S/C14H23N3O3S/c1-14(2,3)20-13(18)17-5-6-19-10-11(17)8-15-9-12-16-4-7-21-12/h4,7,11,15H,5-6,8-10H2,1-3H3. The van der Waals surface area contributed by atoms with E-state index >= 15 is 0 Å². The number of ether oxygens (including phenoxy) is 2. The molecule has 6 nitrogen and oxygen atoms in total. The number of rotatable bonds is 4. The van der Waals surface area contributed by atoms with Gasteiger partial charge >= 0.3 is 6.09 Å². The first-order chi connectivity index (χ1) is 9.96. The summed E-state index contributed by atoms with van der Waals surface area (Å²) in [6.45, 7) is 8.66. The van der Waals surface area contributed by atoms with Gasteiger partial charge in [-0.05, 0) is 20.8 Å². The predicted octanol–water partition coefficient (Wildman–Crippen LogP) is 1.87. The van der Waals surface area contributed by atoms with Crippen molar-refractivity contribution in [1.29, 1.82) is 0 Å². The molecule has 2 rings (SSSR count). The highest BCUT2D eigenvalue weighted by Gasteiger charge is 2.30. The number of nitrogens with one attached hydrogen (secondary N) is 1. The number of carbonyl (C=O) groups is 1. The third-order valence-corrected chi connectivity index (χ3v) is 3.77. The van der Waals surface area contributed by atoms with Crippen LogP contribution in [0.4, 0.5) is 4.79 Å². The van der Waals surface area contributed by atoms with E-state index in [0.717, 1.165) is 5.01 Å². The molecule has 0 aromatic carbocycles. The molecular weight excluding hydrogens is 290 g/mol. The molecule has 0 saturated carbocycles. The lowest BCUT2D eigenvalue weighted by atomic mass is 10.2. The smallest absolute Gasteiger partial charge is 0.410 e. The number of nitrogens with zero attached hydrogens (tertiary/aromatic N) is 2. The number of thiazole rings is 1. The molecule has 1 aromatic rings. The van der Waals surface area contributed by atoms with Gasteiger partial charge in [-0.2, -0.15) is 0 Å². The van der Waals surface area contributed by atoms with E-state index in [4.69, 9.17) is 9.47 Å². The van der Waals surface area contributed by atoms with Crippen molar-refractivity contribution in [2.45, 2.75) is 39.0 Å². The summed E-state index contributed by atoms with van der Waals surface area (Å²) in [6, 6.07) is -0.00596. The van der Waals surface area contributed by atoms with Crippen LogP contribution < -0.4 is 5.32 Å². The minimum absolute atomic E-state index is 0.00596. The molecule has 7 heteroatoms. The van der Waals surface area contributed by atoms with Crippen molar-refractivity contribution in [3.8, 4) is 0 Å². The fraction of sp³-hybridized carbons (Fsp3) is 0.714. The maximum Gasteiger partial charge on any atom is 0.410 e. The topological polar surface area (TPSA) is 63.7 Å². The summed E-state index contributed by atoms with van der Waals surface area (Å²) in [5.74, 6) is 0. The minimum atomic E-state index is -0.478. The second-order valence-electron chi connectivity index (χ2n) is 5.96. The predicted molar refractivity (Wildman–Crippen MR) is 81.4 cm³/mol. The van der Waals surface area contributed by atoms with Gasteiger partial charge in [-0.1, -0.05) is 0 Å². The van der Waals surface area contributed by atoms with E-state index in [1.165, 1.54) is 0 Å². The molecule has 0 bridgehead atoms. The van der Waals surface area contributed by atoms with Crippen molar-refractivity contribution in [2.75, 3.05) is 26.3 Å². The highest BCUT2D eigenvalue weighted by molar-refractivity contribution is 7.09. The minimum Gasteiger partial charge on any atom is -0.444 e. The monoisotopic (exact) mass is 313 g/mol. The van der Waals surface area contributed by atoms with Gasteiger partial charge in [0.05, 0.1) is 19.3 Å². The van der Waals surface area contributed by atoms with Crippen molar-refractivity contribution in [2.24, 2.45) is 0 Å². The van der Waals surface area contributed by atoms with Gasteiger partial charge in [0.15, 0.2) is 0 Å². The lowest BCUT2D eigenvalue weighted by molar-refractivity contribution is -0.0317. The molecule has 1 aromatic heterocycles. The first-order valence-corrected chi connectivity index (χ1v) is 8.00. The van der Waals surface area contributed by atoms with E-state index in [1.807, 2.05) is 26.2 Å². The van der Waals surface area contributed by atoms with Gasteiger partial charge in [0.2, 0.25) is 0 Å². The van der Waals surface area contributed by atoms with Crippen LogP contribution in [-0.2, 0) is 16.0 Å². The van der Waals surface area contributed by atoms with Crippen LogP contribution in [0.1, 0.15) is 25.8 Å². The zero-order valence-electron chi connectivity index (χ0n) is 12.8. The zero-order chi connectivity index (χ0) is 15.3. The van der Waals surface area contributed by atoms with Gasteiger partial charge < -0.3 is 14.8 Å². The summed E-state index contributed by atoms with van der Waals surface area (Å²) in [5.41, 5.74) is -0.478. The Morgan fingerprint density at radius 1 is 1.62 bits per heavy atom. The Balaban J connectivity index is 1.84. The molecule has 1 atom stereocenters. The molecule has 118 valence electrons. The average molecular weight is 313 g/mol. The Bertz CT molecular complexity index is 445. The van der Waals surface area contributed by atoms with Crippen LogP contribution in [0.2, 0.25) is 0 Å². The van der Waals surface area contributed by atoms with Crippen molar-refractivity contribution in [1.82, 2.24) is 15.2 Å². The van der Waals surface area contributed by atoms with Crippen LogP contribution in [0.3, 0.4) is 0 Å². The number of morpholine rings is 1. The molecule has 1 amide bonds. The number of hydrogen-bond acceptors (Lipinski definition) is 6. The summed E-state index contributed by atoms with van der Waals surface area (Å²) in [4.78, 5) is 18.2. The van der Waals surface area contributed by atoms with Crippen molar-refractivity contribution in [3.63, 3.8) is 0 Å². The molecule has 1 fully saturated rings. The molecule has 1 saturated heterocycles. The summed E-state index contributed by atoms with van der Waals surface area (Å²) in [7, 11) is 0. The van der Waals surface area contributed by atoms with E-state index in [0.29, 0.717) is 32.8 Å². The lowest BCUT2D eigenvalue weighted by Gasteiger charge is -2.36. The Kier molecular flexibility index (Phi) is 5.55. The molecule has 1 N–H and O–H groups in total. The van der Waals surface area contributed by atoms with Crippen LogP contribution in [0.5, 0.6) is 0 Å². The second kappa shape index (κ2) is 7.20. The fourth-order valence-corrected chi connectivity index (χ4v) is 2.66. The number of amides is 1. The van der Waals surface area contributed by atoms with Crippen LogP contribution in [-0.4, -0.2) is 53.9 Å². The van der Waals surface area contributed by atoms with E-state index in [9.17, 15) is 4.79 Å². The molecule has 1 unspecified atom stereocenters. The molecule has 0 radical (unpaired) electrons. The SMILES string of the molecule is CC(C)(C)OC(=O)N1CCOCC1CNCc1nccs1. The van der Waals surface area contributed by atoms with Crippen LogP contribution >= 0.6 is 11.3 Å². The van der Waals surface area contributed by atoms with Gasteiger partial charge in [-0.3, -0.25) is 4.90 Å². The normalized spacial score (nSPS) is 19.6. The molecule has 1 aliphatic heterocycles. The van der Waals surface area contributed by atoms with E-state index in [1.54, 1.807) is 22.4 Å². The highest BCUT2D eigenvalue weighted by atomic mass is 32.1. The quantitative estimate of drug-likeness (QED) is 0.919. The third-order valence-electron chi connectivity index (χ3n) is 3.00. The zero-order valence-corrected chi connectivity index (χ0v) is 13.6. The number of aromatic nitrogens is 1. The Morgan fingerprint density at radius 3 is 3.10 bits per heavy atom. The number of carbonyl (C=O) groups excluding carboxylic acids is 1. The first-order valence-electron chi connectivity index (χ1n) is 7.12. The van der Waals surface area contributed by atoms with Crippen molar-refractivity contribution >= 4 is 17.4 Å². The van der Waals surface area contributed by atoms with Gasteiger partial charge in [-0.25, -0.2) is 9.78 Å². The van der Waals surface area contributed by atoms with E-state index < -0.39 is 5.60 Å². The maximum absolute atomic E-state index is 12.2. The number of hydrogen-bond donors (Lipinski definition) is 1. The molecule has 21 heavy (non-hydrogen) atoms. The fourth-order valence-electron chi connectivity index (χ4n) is 2.07. The Hall–Kier alpha value is -1.18. The lowest BCUT2D eigenvalue weighted by Crippen LogP contribution is -2.54. The van der Waals surface area contributed by atoms with E-state index in [2.05, 4.69) is 10.3 Å². The summed E-state index contributed by atoms with van der Waals surface area (Å²) in [5, 5.41) is 6.31. The molecule has 0 aliphatic carbocycles. The molecular formula is C14H23N3O3S. The molecule has 1 aliphatic rings. The van der Waals surface area contributed by atoms with Crippen molar-refractivity contribution < 1.29 is 14.3 Å². The maximum atomic E-state index is 12.2.